The first-order chi connectivity index (χ1) is 13.7. The number of aryl methyl sites for hydroxylation is 2. The van der Waals surface area contributed by atoms with E-state index in [-0.39, 0.29) is 5.75 Å². The van der Waals surface area contributed by atoms with E-state index >= 15 is 0 Å². The molecule has 0 saturated carbocycles. The predicted molar refractivity (Wildman–Crippen MR) is 115 cm³/mol. The molecule has 0 aromatic carbocycles. The Bertz CT molecular complexity index is 1220. The van der Waals surface area contributed by atoms with E-state index in [1.807, 2.05) is 19.2 Å². The van der Waals surface area contributed by atoms with Crippen molar-refractivity contribution in [1.29, 1.82) is 0 Å². The Kier molecular flexibility index (Phi) is 6.13. The Labute approximate surface area is 183 Å². The third kappa shape index (κ3) is 4.23. The first kappa shape index (κ1) is 21.1. The fourth-order valence-electron chi connectivity index (χ4n) is 2.89. The van der Waals surface area contributed by atoms with Crippen molar-refractivity contribution >= 4 is 48.9 Å². The van der Waals surface area contributed by atoms with Gasteiger partial charge in [-0.15, -0.1) is 0 Å². The van der Waals surface area contributed by atoms with Crippen LogP contribution in [0.1, 0.15) is 21.7 Å². The van der Waals surface area contributed by atoms with Gasteiger partial charge in [0.2, 0.25) is 0 Å². The molecule has 4 aromatic heterocycles. The number of carbonyl (C=O) groups is 1. The summed E-state index contributed by atoms with van der Waals surface area (Å²) >= 11 is 6.63. The normalized spacial score (nSPS) is 10.7. The molecule has 0 aliphatic heterocycles. The molecule has 0 bridgehead atoms. The molecule has 8 nitrogen and oxygen atoms in total. The van der Waals surface area contributed by atoms with Crippen LogP contribution in [0.2, 0.25) is 0 Å². The number of methoxy groups -OCH3 is 2. The van der Waals surface area contributed by atoms with Gasteiger partial charge in [0.05, 0.1) is 25.6 Å². The first-order valence-corrected chi connectivity index (χ1v) is 9.99. The van der Waals surface area contributed by atoms with E-state index in [1.54, 1.807) is 41.4 Å². The topological polar surface area (TPSA) is 90.4 Å². The van der Waals surface area contributed by atoms with E-state index in [0.29, 0.717) is 22.5 Å². The highest BCUT2D eigenvalue weighted by molar-refractivity contribution is 9.10. The lowest BCUT2D eigenvalue weighted by atomic mass is 10.2. The van der Waals surface area contributed by atoms with Crippen LogP contribution in [0, 0.1) is 13.8 Å². The maximum atomic E-state index is 11.7. The molecule has 0 fully saturated rings. The molecule has 29 heavy (non-hydrogen) atoms. The van der Waals surface area contributed by atoms with Crippen LogP contribution in [0.3, 0.4) is 0 Å². The molecule has 0 radical (unpaired) electrons. The lowest BCUT2D eigenvalue weighted by Gasteiger charge is -2.05. The van der Waals surface area contributed by atoms with Crippen molar-refractivity contribution in [1.82, 2.24) is 19.2 Å². The highest BCUT2D eigenvalue weighted by Crippen LogP contribution is 2.29. The summed E-state index contributed by atoms with van der Waals surface area (Å²) in [6.07, 6.45) is 3.57. The third-order valence-corrected chi connectivity index (χ3v) is 4.95. The number of hydrogen-bond donors (Lipinski definition) is 1. The van der Waals surface area contributed by atoms with Crippen LogP contribution >= 0.6 is 31.9 Å². The number of halogens is 2. The van der Waals surface area contributed by atoms with Gasteiger partial charge in [-0.3, -0.25) is 0 Å². The molecule has 4 aromatic rings. The molecule has 0 aliphatic rings. The molecule has 4 rings (SSSR count). The number of aromatic hydroxyl groups is 1. The van der Waals surface area contributed by atoms with Crippen LogP contribution in [0.25, 0.3) is 11.0 Å². The van der Waals surface area contributed by atoms with Crippen LogP contribution in [-0.4, -0.2) is 44.5 Å². The van der Waals surface area contributed by atoms with Gasteiger partial charge in [0, 0.05) is 21.3 Å². The molecular formula is C19H18Br2N4O4. The van der Waals surface area contributed by atoms with Gasteiger partial charge < -0.3 is 14.6 Å². The summed E-state index contributed by atoms with van der Waals surface area (Å²) in [7, 11) is 2.89. The Morgan fingerprint density at radius 3 is 2.34 bits per heavy atom. The summed E-state index contributed by atoms with van der Waals surface area (Å²) in [4.78, 5) is 11.7. The SMILES string of the molecule is COC(=O)c1c(C)nn2cc(Br)cc(OC)c12.Cc1cc2c(O)cc(Br)cn2n1. The second-order valence-corrected chi connectivity index (χ2v) is 7.96. The van der Waals surface area contributed by atoms with Crippen molar-refractivity contribution in [2.75, 3.05) is 14.2 Å². The van der Waals surface area contributed by atoms with Gasteiger partial charge in [0.25, 0.3) is 0 Å². The van der Waals surface area contributed by atoms with E-state index in [9.17, 15) is 9.90 Å². The van der Waals surface area contributed by atoms with Gasteiger partial charge in [0.1, 0.15) is 28.1 Å². The van der Waals surface area contributed by atoms with Gasteiger partial charge >= 0.3 is 5.97 Å². The largest absolute Gasteiger partial charge is 0.506 e. The van der Waals surface area contributed by atoms with E-state index in [1.165, 1.54) is 7.11 Å². The summed E-state index contributed by atoms with van der Waals surface area (Å²) < 4.78 is 14.9. The molecule has 152 valence electrons. The van der Waals surface area contributed by atoms with E-state index in [2.05, 4.69) is 42.1 Å². The van der Waals surface area contributed by atoms with Crippen molar-refractivity contribution in [3.8, 4) is 11.5 Å². The molecule has 0 spiro atoms. The number of carbonyl (C=O) groups excluding carboxylic acids is 1. The Balaban J connectivity index is 0.000000176. The number of pyridine rings is 2. The van der Waals surface area contributed by atoms with Gasteiger partial charge in [-0.1, -0.05) is 0 Å². The van der Waals surface area contributed by atoms with E-state index < -0.39 is 5.97 Å². The fraction of sp³-hybridized carbons (Fsp3) is 0.211. The second kappa shape index (κ2) is 8.42. The maximum Gasteiger partial charge on any atom is 0.342 e. The van der Waals surface area contributed by atoms with E-state index in [4.69, 9.17) is 9.47 Å². The molecule has 0 saturated heterocycles. The number of hydrogen-bond acceptors (Lipinski definition) is 6. The van der Waals surface area contributed by atoms with Gasteiger partial charge in [-0.2, -0.15) is 10.2 Å². The molecule has 1 N–H and O–H groups in total. The standard InChI is InChI=1S/C11H11BrN2O3.C8H7BrN2O/c1-6-9(11(15)17-3)10-8(16-2)4-7(12)5-14(10)13-6;1-5-2-7-8(12)3-6(9)4-11(7)10-5/h4-5H,1-3H3;2-4,12H,1H3. The highest BCUT2D eigenvalue weighted by Gasteiger charge is 2.21. The minimum Gasteiger partial charge on any atom is -0.506 e. The van der Waals surface area contributed by atoms with Crippen LogP contribution in [0.5, 0.6) is 11.5 Å². The summed E-state index contributed by atoms with van der Waals surface area (Å²) in [6.45, 7) is 3.65. The lowest BCUT2D eigenvalue weighted by molar-refractivity contribution is 0.0602. The van der Waals surface area contributed by atoms with E-state index in [0.717, 1.165) is 20.2 Å². The van der Waals surface area contributed by atoms with Gasteiger partial charge in [-0.25, -0.2) is 13.8 Å². The van der Waals surface area contributed by atoms with Crippen LogP contribution in [-0.2, 0) is 4.74 Å². The van der Waals surface area contributed by atoms with Crippen molar-refractivity contribution in [2.24, 2.45) is 0 Å². The minimum atomic E-state index is -0.418. The predicted octanol–water partition coefficient (Wildman–Crippen LogP) is 4.31. The lowest BCUT2D eigenvalue weighted by Crippen LogP contribution is -2.03. The molecule has 0 amide bonds. The minimum absolute atomic E-state index is 0.241. The average Bonchev–Trinajstić information content (AvgIpc) is 3.19. The summed E-state index contributed by atoms with van der Waals surface area (Å²) in [5.74, 6) is 0.392. The highest BCUT2D eigenvalue weighted by atomic mass is 79.9. The summed E-state index contributed by atoms with van der Waals surface area (Å²) in [6, 6.07) is 5.26. The van der Waals surface area contributed by atoms with Crippen LogP contribution in [0.4, 0.5) is 0 Å². The van der Waals surface area contributed by atoms with Crippen molar-refractivity contribution < 1.29 is 19.4 Å². The molecule has 0 atom stereocenters. The van der Waals surface area contributed by atoms with Crippen LogP contribution < -0.4 is 4.74 Å². The zero-order valence-corrected chi connectivity index (χ0v) is 19.3. The number of fused-ring (bicyclic) bond motifs is 2. The van der Waals surface area contributed by atoms with Gasteiger partial charge in [-0.05, 0) is 63.9 Å². The smallest absolute Gasteiger partial charge is 0.342 e. The molecular weight excluding hydrogens is 508 g/mol. The molecule has 4 heterocycles. The molecule has 10 heteroatoms. The van der Waals surface area contributed by atoms with Crippen molar-refractivity contribution in [2.45, 2.75) is 13.8 Å². The zero-order chi connectivity index (χ0) is 21.3. The van der Waals surface area contributed by atoms with Crippen molar-refractivity contribution in [3.05, 3.63) is 56.5 Å². The monoisotopic (exact) mass is 524 g/mol. The fourth-order valence-corrected chi connectivity index (χ4v) is 3.70. The third-order valence-electron chi connectivity index (χ3n) is 4.08. The first-order valence-electron chi connectivity index (χ1n) is 8.40. The Morgan fingerprint density at radius 1 is 1.03 bits per heavy atom. The number of nitrogens with zero attached hydrogens (tertiary/aromatic N) is 4. The number of esters is 1. The number of aromatic nitrogens is 4. The second-order valence-electron chi connectivity index (χ2n) is 6.13. The summed E-state index contributed by atoms with van der Waals surface area (Å²) in [5, 5.41) is 17.9. The number of rotatable bonds is 2. The molecule has 0 unspecified atom stereocenters. The maximum absolute atomic E-state index is 11.7. The van der Waals surface area contributed by atoms with Crippen LogP contribution in [0.15, 0.2) is 39.5 Å². The van der Waals surface area contributed by atoms with Crippen molar-refractivity contribution in [3.63, 3.8) is 0 Å². The Hall–Kier alpha value is -2.59. The number of ether oxygens (including phenoxy) is 2. The molecule has 0 aliphatic carbocycles. The average molecular weight is 526 g/mol. The summed E-state index contributed by atoms with van der Waals surface area (Å²) in [5.41, 5.74) is 3.27. The quantitative estimate of drug-likeness (QED) is 0.392. The Morgan fingerprint density at radius 2 is 1.69 bits per heavy atom. The zero-order valence-electron chi connectivity index (χ0n) is 16.1. The van der Waals surface area contributed by atoms with Gasteiger partial charge in [0.15, 0.2) is 0 Å².